The highest BCUT2D eigenvalue weighted by atomic mass is 16.6. The monoisotopic (exact) mass is 279 g/mol. The number of hydrogen-bond donors (Lipinski definition) is 1. The number of benzene rings is 1. The minimum absolute atomic E-state index is 0.276. The van der Waals surface area contributed by atoms with E-state index in [4.69, 9.17) is 9.47 Å². The highest BCUT2D eigenvalue weighted by Crippen LogP contribution is 2.20. The first-order valence-electron chi connectivity index (χ1n) is 6.50. The fourth-order valence-corrected chi connectivity index (χ4v) is 1.56. The lowest BCUT2D eigenvalue weighted by Gasteiger charge is -2.20. The van der Waals surface area contributed by atoms with Crippen LogP contribution in [-0.2, 0) is 9.47 Å². The van der Waals surface area contributed by atoms with Crippen LogP contribution in [0.3, 0.4) is 0 Å². The van der Waals surface area contributed by atoms with Crippen LogP contribution in [-0.4, -0.2) is 24.3 Å². The molecule has 0 heterocycles. The van der Waals surface area contributed by atoms with E-state index in [2.05, 4.69) is 5.32 Å². The molecular formula is C15H21NO4. The lowest BCUT2D eigenvalue weighted by atomic mass is 10.1. The number of carbonyl (C=O) groups is 2. The Morgan fingerprint density at radius 1 is 1.25 bits per heavy atom. The zero-order valence-electron chi connectivity index (χ0n) is 12.6. The summed E-state index contributed by atoms with van der Waals surface area (Å²) in [6.07, 6.45) is -0.605. The molecule has 5 heteroatoms. The third-order valence-corrected chi connectivity index (χ3v) is 2.31. The molecule has 0 aliphatic carbocycles. The number of anilines is 1. The van der Waals surface area contributed by atoms with Gasteiger partial charge < -0.3 is 9.47 Å². The summed E-state index contributed by atoms with van der Waals surface area (Å²) >= 11 is 0. The fraction of sp³-hybridized carbons (Fsp3) is 0.467. The molecule has 0 fully saturated rings. The number of rotatable bonds is 3. The average molecular weight is 279 g/mol. The van der Waals surface area contributed by atoms with Gasteiger partial charge in [0.2, 0.25) is 0 Å². The molecular weight excluding hydrogens is 258 g/mol. The SMILES string of the molecule is CCOC(=O)c1cc(C)ccc1NC(=O)OC(C)(C)C. The van der Waals surface area contributed by atoms with Gasteiger partial charge in [0.1, 0.15) is 5.60 Å². The molecule has 0 saturated heterocycles. The van der Waals surface area contributed by atoms with Crippen LogP contribution in [0.1, 0.15) is 43.6 Å². The Morgan fingerprint density at radius 2 is 1.90 bits per heavy atom. The highest BCUT2D eigenvalue weighted by molar-refractivity contribution is 5.99. The van der Waals surface area contributed by atoms with Crippen molar-refractivity contribution in [3.8, 4) is 0 Å². The Bertz CT molecular complexity index is 503. The minimum Gasteiger partial charge on any atom is -0.462 e. The molecule has 0 unspecified atom stereocenters. The summed E-state index contributed by atoms with van der Waals surface area (Å²) in [5, 5.41) is 2.57. The second-order valence-corrected chi connectivity index (χ2v) is 5.40. The van der Waals surface area contributed by atoms with Gasteiger partial charge >= 0.3 is 12.1 Å². The Labute approximate surface area is 119 Å². The molecule has 0 aliphatic rings. The van der Waals surface area contributed by atoms with Crippen LogP contribution in [0, 0.1) is 6.92 Å². The minimum atomic E-state index is -0.605. The third kappa shape index (κ3) is 4.91. The van der Waals surface area contributed by atoms with E-state index < -0.39 is 17.7 Å². The van der Waals surface area contributed by atoms with E-state index in [9.17, 15) is 9.59 Å². The molecule has 1 amide bonds. The van der Waals surface area contributed by atoms with Crippen LogP contribution in [0.2, 0.25) is 0 Å². The van der Waals surface area contributed by atoms with Crippen molar-refractivity contribution in [1.82, 2.24) is 0 Å². The molecule has 0 aromatic heterocycles. The van der Waals surface area contributed by atoms with Crippen molar-refractivity contribution in [3.63, 3.8) is 0 Å². The van der Waals surface area contributed by atoms with Gasteiger partial charge in [0.15, 0.2) is 0 Å². The van der Waals surface area contributed by atoms with Gasteiger partial charge in [0.25, 0.3) is 0 Å². The molecule has 1 aromatic carbocycles. The molecule has 0 atom stereocenters. The predicted octanol–water partition coefficient (Wildman–Crippen LogP) is 3.52. The molecule has 0 saturated carbocycles. The Morgan fingerprint density at radius 3 is 2.45 bits per heavy atom. The smallest absolute Gasteiger partial charge is 0.412 e. The molecule has 0 aliphatic heterocycles. The summed E-state index contributed by atoms with van der Waals surface area (Å²) < 4.78 is 10.1. The zero-order chi connectivity index (χ0) is 15.3. The van der Waals surface area contributed by atoms with Crippen LogP contribution >= 0.6 is 0 Å². The van der Waals surface area contributed by atoms with E-state index in [1.54, 1.807) is 45.9 Å². The summed E-state index contributed by atoms with van der Waals surface area (Å²) in [6.45, 7) is 9.18. The largest absolute Gasteiger partial charge is 0.462 e. The van der Waals surface area contributed by atoms with Crippen LogP contribution in [0.25, 0.3) is 0 Å². The topological polar surface area (TPSA) is 64.6 Å². The highest BCUT2D eigenvalue weighted by Gasteiger charge is 2.19. The van der Waals surface area contributed by atoms with E-state index in [0.717, 1.165) is 5.56 Å². The van der Waals surface area contributed by atoms with Gasteiger partial charge in [-0.2, -0.15) is 0 Å². The van der Waals surface area contributed by atoms with Gasteiger partial charge in [-0.3, -0.25) is 5.32 Å². The first-order valence-corrected chi connectivity index (χ1v) is 6.50. The average Bonchev–Trinajstić information content (AvgIpc) is 2.29. The van der Waals surface area contributed by atoms with Crippen molar-refractivity contribution in [2.24, 2.45) is 0 Å². The summed E-state index contributed by atoms with van der Waals surface area (Å²) in [4.78, 5) is 23.6. The molecule has 0 radical (unpaired) electrons. The standard InChI is InChI=1S/C15H21NO4/c1-6-19-13(17)11-9-10(2)7-8-12(11)16-14(18)20-15(3,4)5/h7-9H,6H2,1-5H3,(H,16,18). The Hall–Kier alpha value is -2.04. The maximum Gasteiger partial charge on any atom is 0.412 e. The van der Waals surface area contributed by atoms with Gasteiger partial charge in [-0.15, -0.1) is 0 Å². The van der Waals surface area contributed by atoms with Gasteiger partial charge in [-0.05, 0) is 46.8 Å². The quantitative estimate of drug-likeness (QED) is 0.860. The number of ether oxygens (including phenoxy) is 2. The zero-order valence-corrected chi connectivity index (χ0v) is 12.6. The summed E-state index contributed by atoms with van der Waals surface area (Å²) in [7, 11) is 0. The van der Waals surface area contributed by atoms with Crippen molar-refractivity contribution < 1.29 is 19.1 Å². The molecule has 1 rings (SSSR count). The van der Waals surface area contributed by atoms with E-state index in [-0.39, 0.29) is 6.61 Å². The van der Waals surface area contributed by atoms with Crippen molar-refractivity contribution in [1.29, 1.82) is 0 Å². The molecule has 110 valence electrons. The Balaban J connectivity index is 2.94. The number of carbonyl (C=O) groups excluding carboxylic acids is 2. The van der Waals surface area contributed by atoms with E-state index >= 15 is 0 Å². The van der Waals surface area contributed by atoms with E-state index in [0.29, 0.717) is 11.3 Å². The first-order chi connectivity index (χ1) is 9.23. The maximum atomic E-state index is 11.9. The van der Waals surface area contributed by atoms with Gasteiger partial charge in [0.05, 0.1) is 17.9 Å². The number of amides is 1. The lowest BCUT2D eigenvalue weighted by molar-refractivity contribution is 0.0527. The summed E-state index contributed by atoms with van der Waals surface area (Å²) in [5.74, 6) is -0.470. The first kappa shape index (κ1) is 16.0. The van der Waals surface area contributed by atoms with Crippen LogP contribution in [0.15, 0.2) is 18.2 Å². The van der Waals surface area contributed by atoms with Gasteiger partial charge in [-0.1, -0.05) is 11.6 Å². The predicted molar refractivity (Wildman–Crippen MR) is 77.0 cm³/mol. The number of aryl methyl sites for hydroxylation is 1. The molecule has 5 nitrogen and oxygen atoms in total. The van der Waals surface area contributed by atoms with Gasteiger partial charge in [-0.25, -0.2) is 9.59 Å². The molecule has 1 N–H and O–H groups in total. The van der Waals surface area contributed by atoms with Crippen molar-refractivity contribution in [3.05, 3.63) is 29.3 Å². The molecule has 0 bridgehead atoms. The van der Waals surface area contributed by atoms with Crippen molar-refractivity contribution in [2.45, 2.75) is 40.2 Å². The number of esters is 1. The van der Waals surface area contributed by atoms with Crippen LogP contribution in [0.5, 0.6) is 0 Å². The van der Waals surface area contributed by atoms with Crippen molar-refractivity contribution >= 4 is 17.7 Å². The summed E-state index contributed by atoms with van der Waals surface area (Å²) in [5.41, 5.74) is 1.00. The van der Waals surface area contributed by atoms with Crippen LogP contribution in [0.4, 0.5) is 10.5 Å². The third-order valence-electron chi connectivity index (χ3n) is 2.31. The molecule has 20 heavy (non-hydrogen) atoms. The lowest BCUT2D eigenvalue weighted by Crippen LogP contribution is -2.27. The van der Waals surface area contributed by atoms with E-state index in [1.165, 1.54) is 0 Å². The molecule has 0 spiro atoms. The van der Waals surface area contributed by atoms with Gasteiger partial charge in [0, 0.05) is 0 Å². The fourth-order valence-electron chi connectivity index (χ4n) is 1.56. The normalized spacial score (nSPS) is 10.8. The second kappa shape index (κ2) is 6.41. The second-order valence-electron chi connectivity index (χ2n) is 5.40. The maximum absolute atomic E-state index is 11.9. The number of hydrogen-bond acceptors (Lipinski definition) is 4. The van der Waals surface area contributed by atoms with Crippen molar-refractivity contribution in [2.75, 3.05) is 11.9 Å². The Kier molecular flexibility index (Phi) is 5.13. The number of nitrogens with one attached hydrogen (secondary N) is 1. The van der Waals surface area contributed by atoms with E-state index in [1.807, 2.05) is 6.92 Å². The van der Waals surface area contributed by atoms with Crippen LogP contribution < -0.4 is 5.32 Å². The molecule has 1 aromatic rings. The summed E-state index contributed by atoms with van der Waals surface area (Å²) in [6, 6.07) is 5.13.